The summed E-state index contributed by atoms with van der Waals surface area (Å²) in [5.41, 5.74) is 1.49. The van der Waals surface area contributed by atoms with Crippen LogP contribution < -0.4 is 9.47 Å². The van der Waals surface area contributed by atoms with Crippen molar-refractivity contribution >= 4 is 21.7 Å². The molecule has 0 unspecified atom stereocenters. The number of ketones is 1. The third-order valence-electron chi connectivity index (χ3n) is 2.99. The first-order valence-corrected chi connectivity index (χ1v) is 6.93. The molecule has 0 radical (unpaired) electrons. The third kappa shape index (κ3) is 3.39. The molecule has 0 atom stereocenters. The van der Waals surface area contributed by atoms with Crippen LogP contribution in [0.2, 0.25) is 0 Å². The predicted octanol–water partition coefficient (Wildman–Crippen LogP) is 3.89. The van der Waals surface area contributed by atoms with Crippen LogP contribution in [0.25, 0.3) is 0 Å². The van der Waals surface area contributed by atoms with E-state index in [2.05, 4.69) is 15.9 Å². The number of Topliss-reactive ketones (excluding diaryl/α,β-unsaturated/α-hetero) is 1. The van der Waals surface area contributed by atoms with Crippen molar-refractivity contribution in [3.63, 3.8) is 0 Å². The van der Waals surface area contributed by atoms with Gasteiger partial charge in [-0.3, -0.25) is 4.79 Å². The van der Waals surface area contributed by atoms with Gasteiger partial charge in [-0.2, -0.15) is 0 Å². The highest BCUT2D eigenvalue weighted by Crippen LogP contribution is 2.25. The van der Waals surface area contributed by atoms with Gasteiger partial charge in [-0.15, -0.1) is 0 Å². The Morgan fingerprint density at radius 2 is 1.90 bits per heavy atom. The summed E-state index contributed by atoms with van der Waals surface area (Å²) >= 11 is 3.41. The van der Waals surface area contributed by atoms with Crippen molar-refractivity contribution in [1.82, 2.24) is 0 Å². The van der Waals surface area contributed by atoms with Crippen molar-refractivity contribution in [1.29, 1.82) is 0 Å². The molecule has 0 fully saturated rings. The second-order valence-corrected chi connectivity index (χ2v) is 5.20. The second kappa shape index (κ2) is 6.57. The van der Waals surface area contributed by atoms with E-state index < -0.39 is 0 Å². The molecule has 0 aliphatic heterocycles. The molecule has 2 aromatic rings. The molecule has 0 spiro atoms. The lowest BCUT2D eigenvalue weighted by Gasteiger charge is -2.09. The fraction of sp³-hybridized carbons (Fsp3) is 0.188. The zero-order valence-corrected chi connectivity index (χ0v) is 12.9. The minimum Gasteiger partial charge on any atom is -0.497 e. The van der Waals surface area contributed by atoms with Gasteiger partial charge in [0.25, 0.3) is 0 Å². The molecule has 0 aliphatic carbocycles. The fourth-order valence-corrected chi connectivity index (χ4v) is 2.37. The van der Waals surface area contributed by atoms with E-state index >= 15 is 0 Å². The van der Waals surface area contributed by atoms with Gasteiger partial charge >= 0.3 is 0 Å². The Morgan fingerprint density at radius 3 is 2.60 bits per heavy atom. The van der Waals surface area contributed by atoms with Crippen molar-refractivity contribution in [3.8, 4) is 11.5 Å². The van der Waals surface area contributed by atoms with Gasteiger partial charge in [0.2, 0.25) is 0 Å². The summed E-state index contributed by atoms with van der Waals surface area (Å²) in [5.74, 6) is 1.42. The minimum absolute atomic E-state index is 0.0281. The predicted molar refractivity (Wildman–Crippen MR) is 81.7 cm³/mol. The van der Waals surface area contributed by atoms with Crippen molar-refractivity contribution in [2.75, 3.05) is 14.2 Å². The number of hydrogen-bond donors (Lipinski definition) is 0. The van der Waals surface area contributed by atoms with Crippen LogP contribution in [0.3, 0.4) is 0 Å². The van der Waals surface area contributed by atoms with Crippen LogP contribution in [0.4, 0.5) is 0 Å². The lowest BCUT2D eigenvalue weighted by atomic mass is 10.0. The number of hydrogen-bond acceptors (Lipinski definition) is 3. The monoisotopic (exact) mass is 334 g/mol. The topological polar surface area (TPSA) is 35.5 Å². The Kier molecular flexibility index (Phi) is 4.79. The Hall–Kier alpha value is -1.81. The zero-order valence-electron chi connectivity index (χ0n) is 11.4. The van der Waals surface area contributed by atoms with E-state index in [0.29, 0.717) is 17.1 Å². The first-order chi connectivity index (χ1) is 9.63. The molecular formula is C16H15BrO3. The molecule has 0 bridgehead atoms. The molecule has 0 N–H and O–H groups in total. The van der Waals surface area contributed by atoms with Crippen LogP contribution in [0, 0.1) is 0 Å². The number of rotatable bonds is 5. The summed E-state index contributed by atoms with van der Waals surface area (Å²) in [7, 11) is 3.18. The summed E-state index contributed by atoms with van der Waals surface area (Å²) in [6, 6.07) is 12.8. The van der Waals surface area contributed by atoms with Gasteiger partial charge in [0, 0.05) is 22.0 Å². The minimum atomic E-state index is 0.0281. The normalized spacial score (nSPS) is 10.2. The molecule has 20 heavy (non-hydrogen) atoms. The van der Waals surface area contributed by atoms with E-state index in [0.717, 1.165) is 10.0 Å². The van der Waals surface area contributed by atoms with Crippen LogP contribution in [0.1, 0.15) is 15.9 Å². The first kappa shape index (κ1) is 14.6. The smallest absolute Gasteiger partial charge is 0.167 e. The molecule has 2 rings (SSSR count). The Bertz CT molecular complexity index is 623. The summed E-state index contributed by atoms with van der Waals surface area (Å²) in [5, 5.41) is 0. The Morgan fingerprint density at radius 1 is 1.10 bits per heavy atom. The average molecular weight is 335 g/mol. The van der Waals surface area contributed by atoms with Crippen molar-refractivity contribution in [2.24, 2.45) is 0 Å². The van der Waals surface area contributed by atoms with E-state index in [9.17, 15) is 4.79 Å². The third-order valence-corrected chi connectivity index (χ3v) is 3.48. The molecule has 3 nitrogen and oxygen atoms in total. The summed E-state index contributed by atoms with van der Waals surface area (Å²) in [4.78, 5) is 12.3. The highest BCUT2D eigenvalue weighted by Gasteiger charge is 2.12. The highest BCUT2D eigenvalue weighted by molar-refractivity contribution is 9.10. The van der Waals surface area contributed by atoms with Crippen LogP contribution in [-0.2, 0) is 6.42 Å². The molecule has 0 aromatic heterocycles. The lowest BCUT2D eigenvalue weighted by molar-refractivity contribution is 0.0991. The molecular weight excluding hydrogens is 320 g/mol. The number of carbonyl (C=O) groups excluding carboxylic acids is 1. The van der Waals surface area contributed by atoms with E-state index in [1.54, 1.807) is 26.4 Å². The maximum absolute atomic E-state index is 12.3. The van der Waals surface area contributed by atoms with Gasteiger partial charge in [0.1, 0.15) is 11.5 Å². The molecule has 0 saturated carbocycles. The maximum Gasteiger partial charge on any atom is 0.167 e. The van der Waals surface area contributed by atoms with Crippen LogP contribution in [0.15, 0.2) is 46.9 Å². The molecule has 0 saturated heterocycles. The molecule has 104 valence electrons. The van der Waals surface area contributed by atoms with E-state index in [4.69, 9.17) is 9.47 Å². The molecule has 2 aromatic carbocycles. The van der Waals surface area contributed by atoms with Gasteiger partial charge in [-0.25, -0.2) is 0 Å². The van der Waals surface area contributed by atoms with Gasteiger partial charge in [-0.1, -0.05) is 28.1 Å². The SMILES string of the molecule is COc1cccc(C(=O)Cc2cc(Br)ccc2OC)c1. The van der Waals surface area contributed by atoms with Gasteiger partial charge in [0.05, 0.1) is 14.2 Å². The van der Waals surface area contributed by atoms with Crippen LogP contribution in [0.5, 0.6) is 11.5 Å². The largest absolute Gasteiger partial charge is 0.497 e. The fourth-order valence-electron chi connectivity index (χ4n) is 1.96. The van der Waals surface area contributed by atoms with Crippen molar-refractivity contribution in [2.45, 2.75) is 6.42 Å². The van der Waals surface area contributed by atoms with Gasteiger partial charge < -0.3 is 9.47 Å². The first-order valence-electron chi connectivity index (χ1n) is 6.13. The molecule has 0 amide bonds. The highest BCUT2D eigenvalue weighted by atomic mass is 79.9. The number of methoxy groups -OCH3 is 2. The maximum atomic E-state index is 12.3. The standard InChI is InChI=1S/C16H15BrO3/c1-19-14-5-3-4-11(9-14)15(18)10-12-8-13(17)6-7-16(12)20-2/h3-9H,10H2,1-2H3. The number of halogens is 1. The second-order valence-electron chi connectivity index (χ2n) is 4.29. The molecule has 4 heteroatoms. The Labute approximate surface area is 126 Å². The Balaban J connectivity index is 2.25. The lowest BCUT2D eigenvalue weighted by Crippen LogP contribution is -2.05. The van der Waals surface area contributed by atoms with E-state index in [1.807, 2.05) is 30.3 Å². The van der Waals surface area contributed by atoms with Crippen LogP contribution >= 0.6 is 15.9 Å². The summed E-state index contributed by atoms with van der Waals surface area (Å²) < 4.78 is 11.3. The average Bonchev–Trinajstić information content (AvgIpc) is 2.47. The number of ether oxygens (including phenoxy) is 2. The zero-order chi connectivity index (χ0) is 14.5. The van der Waals surface area contributed by atoms with E-state index in [-0.39, 0.29) is 12.2 Å². The summed E-state index contributed by atoms with van der Waals surface area (Å²) in [6.07, 6.45) is 0.287. The molecule has 0 heterocycles. The van der Waals surface area contributed by atoms with E-state index in [1.165, 1.54) is 0 Å². The van der Waals surface area contributed by atoms with Crippen LogP contribution in [-0.4, -0.2) is 20.0 Å². The van der Waals surface area contributed by atoms with Crippen molar-refractivity contribution < 1.29 is 14.3 Å². The number of carbonyl (C=O) groups is 1. The summed E-state index contributed by atoms with van der Waals surface area (Å²) in [6.45, 7) is 0. The molecule has 0 aliphatic rings. The quantitative estimate of drug-likeness (QED) is 0.778. The van der Waals surface area contributed by atoms with Crippen molar-refractivity contribution in [3.05, 3.63) is 58.1 Å². The number of benzene rings is 2. The van der Waals surface area contributed by atoms with Gasteiger partial charge in [-0.05, 0) is 30.3 Å². The van der Waals surface area contributed by atoms with Gasteiger partial charge in [0.15, 0.2) is 5.78 Å².